The highest BCUT2D eigenvalue weighted by molar-refractivity contribution is 6.00. The number of aromatic nitrogens is 2. The number of amides is 1. The Morgan fingerprint density at radius 3 is 2.78 bits per heavy atom. The van der Waals surface area contributed by atoms with Crippen molar-refractivity contribution < 1.29 is 9.72 Å². The molecular formula is C19H21N5O3. The largest absolute Gasteiger partial charge is 0.377 e. The van der Waals surface area contributed by atoms with Crippen molar-refractivity contribution in [3.05, 3.63) is 64.5 Å². The van der Waals surface area contributed by atoms with E-state index in [0.717, 1.165) is 24.0 Å². The summed E-state index contributed by atoms with van der Waals surface area (Å²) in [7, 11) is 3.59. The van der Waals surface area contributed by atoms with E-state index < -0.39 is 4.92 Å². The van der Waals surface area contributed by atoms with Crippen LogP contribution in [0.3, 0.4) is 0 Å². The van der Waals surface area contributed by atoms with Crippen LogP contribution in [0.5, 0.6) is 0 Å². The molecule has 1 N–H and O–H groups in total. The first-order valence-corrected chi connectivity index (χ1v) is 8.61. The van der Waals surface area contributed by atoms with Crippen LogP contribution in [0, 0.1) is 10.1 Å². The zero-order valence-corrected chi connectivity index (χ0v) is 15.3. The van der Waals surface area contributed by atoms with Gasteiger partial charge in [0.15, 0.2) is 0 Å². The third-order valence-corrected chi connectivity index (χ3v) is 4.31. The Bertz CT molecular complexity index is 980. The highest BCUT2D eigenvalue weighted by atomic mass is 16.6. The van der Waals surface area contributed by atoms with Crippen molar-refractivity contribution in [3.8, 4) is 0 Å². The summed E-state index contributed by atoms with van der Waals surface area (Å²) in [5.41, 5.74) is 2.82. The third-order valence-electron chi connectivity index (χ3n) is 4.31. The first kappa shape index (κ1) is 18.4. The van der Waals surface area contributed by atoms with Gasteiger partial charge in [-0.05, 0) is 24.6 Å². The fourth-order valence-corrected chi connectivity index (χ4v) is 2.94. The number of rotatable bonds is 7. The van der Waals surface area contributed by atoms with Gasteiger partial charge < -0.3 is 14.8 Å². The number of imidazole rings is 1. The Morgan fingerprint density at radius 1 is 1.26 bits per heavy atom. The molecule has 0 saturated carbocycles. The summed E-state index contributed by atoms with van der Waals surface area (Å²) in [6, 6.07) is 12.2. The molecule has 8 heteroatoms. The molecule has 0 fully saturated rings. The van der Waals surface area contributed by atoms with Crippen LogP contribution in [-0.4, -0.2) is 41.0 Å². The number of non-ortho nitro benzene ring substituents is 1. The summed E-state index contributed by atoms with van der Waals surface area (Å²) in [5, 5.41) is 13.9. The first-order chi connectivity index (χ1) is 13.0. The molecule has 1 heterocycles. The van der Waals surface area contributed by atoms with Gasteiger partial charge >= 0.3 is 0 Å². The molecule has 0 atom stereocenters. The molecule has 1 aromatic heterocycles. The van der Waals surface area contributed by atoms with Crippen LogP contribution in [0.4, 0.5) is 11.4 Å². The normalized spacial score (nSPS) is 10.7. The number of anilines is 1. The molecule has 3 aromatic rings. The smallest absolute Gasteiger partial charge is 0.270 e. The number of carbonyl (C=O) groups excluding carboxylic acids is 1. The van der Waals surface area contributed by atoms with E-state index in [9.17, 15) is 14.9 Å². The summed E-state index contributed by atoms with van der Waals surface area (Å²) in [4.78, 5) is 29.2. The van der Waals surface area contributed by atoms with Crippen molar-refractivity contribution in [3.63, 3.8) is 0 Å². The minimum Gasteiger partial charge on any atom is -0.377 e. The summed E-state index contributed by atoms with van der Waals surface area (Å²) < 4.78 is 2.04. The van der Waals surface area contributed by atoms with Crippen LogP contribution in [0.1, 0.15) is 16.8 Å². The molecule has 27 heavy (non-hydrogen) atoms. The SMILES string of the molecule is CN(C)c1ccc([N+](=O)[O-])cc1C(=O)NCCCn1cnc2ccccc21. The van der Waals surface area contributed by atoms with Gasteiger partial charge in [0.05, 0.1) is 27.8 Å². The maximum absolute atomic E-state index is 12.5. The number of hydrogen-bond acceptors (Lipinski definition) is 5. The average molecular weight is 367 g/mol. The van der Waals surface area contributed by atoms with Crippen molar-refractivity contribution in [1.82, 2.24) is 14.9 Å². The van der Waals surface area contributed by atoms with Crippen molar-refractivity contribution in [1.29, 1.82) is 0 Å². The van der Waals surface area contributed by atoms with E-state index in [1.807, 2.05) is 28.8 Å². The van der Waals surface area contributed by atoms with E-state index in [4.69, 9.17) is 0 Å². The summed E-state index contributed by atoms with van der Waals surface area (Å²) in [6.45, 7) is 1.18. The highest BCUT2D eigenvalue weighted by Gasteiger charge is 2.17. The monoisotopic (exact) mass is 367 g/mol. The molecule has 0 radical (unpaired) electrons. The predicted molar refractivity (Wildman–Crippen MR) is 104 cm³/mol. The lowest BCUT2D eigenvalue weighted by molar-refractivity contribution is -0.384. The van der Waals surface area contributed by atoms with Gasteiger partial charge in [-0.25, -0.2) is 4.98 Å². The van der Waals surface area contributed by atoms with Crippen LogP contribution in [0.2, 0.25) is 0 Å². The fourth-order valence-electron chi connectivity index (χ4n) is 2.94. The number of hydrogen-bond donors (Lipinski definition) is 1. The molecule has 2 aromatic carbocycles. The lowest BCUT2D eigenvalue weighted by Gasteiger charge is -2.17. The first-order valence-electron chi connectivity index (χ1n) is 8.61. The van der Waals surface area contributed by atoms with Crippen LogP contribution in [0.15, 0.2) is 48.8 Å². The van der Waals surface area contributed by atoms with Crippen molar-refractivity contribution in [2.75, 3.05) is 25.5 Å². The second-order valence-corrected chi connectivity index (χ2v) is 6.39. The van der Waals surface area contributed by atoms with Crippen LogP contribution in [-0.2, 0) is 6.54 Å². The zero-order chi connectivity index (χ0) is 19.4. The molecule has 1 amide bonds. The number of nitro benzene ring substituents is 1. The van der Waals surface area contributed by atoms with E-state index >= 15 is 0 Å². The number of nitro groups is 1. The molecule has 0 spiro atoms. The molecule has 0 saturated heterocycles. The van der Waals surface area contributed by atoms with Gasteiger partial charge in [0, 0.05) is 45.0 Å². The van der Waals surface area contributed by atoms with Crippen molar-refractivity contribution in [2.45, 2.75) is 13.0 Å². The number of aryl methyl sites for hydroxylation is 1. The molecule has 0 aliphatic rings. The maximum Gasteiger partial charge on any atom is 0.270 e. The summed E-state index contributed by atoms with van der Waals surface area (Å²) in [5.74, 6) is -0.321. The number of fused-ring (bicyclic) bond motifs is 1. The lowest BCUT2D eigenvalue weighted by Crippen LogP contribution is -2.27. The minimum atomic E-state index is -0.500. The van der Waals surface area contributed by atoms with Crippen LogP contribution in [0.25, 0.3) is 11.0 Å². The van der Waals surface area contributed by atoms with Crippen molar-refractivity contribution in [2.24, 2.45) is 0 Å². The minimum absolute atomic E-state index is 0.101. The number of nitrogens with one attached hydrogen (secondary N) is 1. The second kappa shape index (κ2) is 7.86. The van der Waals surface area contributed by atoms with E-state index in [1.54, 1.807) is 31.4 Å². The Labute approximate surface area is 156 Å². The van der Waals surface area contributed by atoms with Gasteiger partial charge in [0.1, 0.15) is 0 Å². The van der Waals surface area contributed by atoms with Gasteiger partial charge in [-0.3, -0.25) is 14.9 Å². The molecular weight excluding hydrogens is 346 g/mol. The molecule has 3 rings (SSSR count). The summed E-state index contributed by atoms with van der Waals surface area (Å²) >= 11 is 0. The second-order valence-electron chi connectivity index (χ2n) is 6.39. The fraction of sp³-hybridized carbons (Fsp3) is 0.263. The lowest BCUT2D eigenvalue weighted by atomic mass is 10.1. The molecule has 0 aliphatic heterocycles. The topological polar surface area (TPSA) is 93.3 Å². The quantitative estimate of drug-likeness (QED) is 0.394. The maximum atomic E-state index is 12.5. The molecule has 140 valence electrons. The predicted octanol–water partition coefficient (Wildman–Crippen LogP) is 2.83. The molecule has 8 nitrogen and oxygen atoms in total. The van der Waals surface area contributed by atoms with Crippen molar-refractivity contribution >= 4 is 28.3 Å². The Balaban J connectivity index is 1.63. The zero-order valence-electron chi connectivity index (χ0n) is 15.3. The molecule has 0 bridgehead atoms. The Morgan fingerprint density at radius 2 is 2.04 bits per heavy atom. The van der Waals surface area contributed by atoms with Crippen LogP contribution >= 0.6 is 0 Å². The van der Waals surface area contributed by atoms with Crippen LogP contribution < -0.4 is 10.2 Å². The number of carbonyl (C=O) groups is 1. The number of benzene rings is 2. The van der Waals surface area contributed by atoms with Gasteiger partial charge in [0.2, 0.25) is 0 Å². The van der Waals surface area contributed by atoms with E-state index in [2.05, 4.69) is 10.3 Å². The third kappa shape index (κ3) is 4.05. The van der Waals surface area contributed by atoms with Gasteiger partial charge in [-0.1, -0.05) is 12.1 Å². The number of nitrogens with zero attached hydrogens (tertiary/aromatic N) is 4. The molecule has 0 unspecified atom stereocenters. The van der Waals surface area contributed by atoms with E-state index in [0.29, 0.717) is 17.8 Å². The van der Waals surface area contributed by atoms with Gasteiger partial charge in [0.25, 0.3) is 11.6 Å². The van der Waals surface area contributed by atoms with Gasteiger partial charge in [-0.2, -0.15) is 0 Å². The van der Waals surface area contributed by atoms with E-state index in [-0.39, 0.29) is 11.6 Å². The highest BCUT2D eigenvalue weighted by Crippen LogP contribution is 2.24. The summed E-state index contributed by atoms with van der Waals surface area (Å²) in [6.07, 6.45) is 2.51. The Kier molecular flexibility index (Phi) is 5.35. The average Bonchev–Trinajstić information content (AvgIpc) is 3.07. The number of para-hydroxylation sites is 2. The Hall–Kier alpha value is -3.42. The molecule has 0 aliphatic carbocycles. The van der Waals surface area contributed by atoms with E-state index in [1.165, 1.54) is 12.1 Å². The van der Waals surface area contributed by atoms with Gasteiger partial charge in [-0.15, -0.1) is 0 Å². The standard InChI is InChI=1S/C19H21N5O3/c1-22(2)17-9-8-14(24(26)27)12-15(17)19(25)20-10-5-11-23-13-21-16-6-3-4-7-18(16)23/h3-4,6-9,12-13H,5,10-11H2,1-2H3,(H,20,25).